The van der Waals surface area contributed by atoms with Crippen LogP contribution in [0.1, 0.15) is 17.3 Å². The van der Waals surface area contributed by atoms with Gasteiger partial charge in [0.05, 0.1) is 11.1 Å². The summed E-state index contributed by atoms with van der Waals surface area (Å²) in [4.78, 5) is 22.7. The van der Waals surface area contributed by atoms with Gasteiger partial charge in [0, 0.05) is 18.1 Å². The Kier molecular flexibility index (Phi) is 4.20. The first-order chi connectivity index (χ1) is 9.63. The number of aromatic nitrogens is 2. The number of nitro benzene ring substituents is 1. The van der Waals surface area contributed by atoms with Gasteiger partial charge in [-0.25, -0.2) is 0 Å². The molecule has 0 bridgehead atoms. The van der Waals surface area contributed by atoms with Crippen LogP contribution in [0, 0.1) is 10.1 Å². The molecule has 20 heavy (non-hydrogen) atoms. The standard InChI is InChI=1S/C11H11N5O3S/c1-2-12-8-5-3-4-7(10(8)16(18)19)11(17)14-9-6-13-15-20-9/h3-6,12H,2H2,1H3,(H,14,17). The number of para-hydroxylation sites is 1. The highest BCUT2D eigenvalue weighted by molar-refractivity contribution is 7.10. The fraction of sp³-hybridized carbons (Fsp3) is 0.182. The largest absolute Gasteiger partial charge is 0.380 e. The van der Waals surface area contributed by atoms with Crippen molar-refractivity contribution in [2.24, 2.45) is 0 Å². The predicted octanol–water partition coefficient (Wildman–Crippen LogP) is 2.13. The van der Waals surface area contributed by atoms with E-state index in [0.29, 0.717) is 17.2 Å². The molecule has 8 nitrogen and oxygen atoms in total. The van der Waals surface area contributed by atoms with E-state index in [1.807, 2.05) is 6.92 Å². The molecule has 0 aliphatic carbocycles. The van der Waals surface area contributed by atoms with Crippen LogP contribution in [0.3, 0.4) is 0 Å². The van der Waals surface area contributed by atoms with E-state index in [1.54, 1.807) is 12.1 Å². The van der Waals surface area contributed by atoms with E-state index in [-0.39, 0.29) is 11.3 Å². The number of hydrogen-bond acceptors (Lipinski definition) is 7. The summed E-state index contributed by atoms with van der Waals surface area (Å²) < 4.78 is 3.60. The Morgan fingerprint density at radius 1 is 1.50 bits per heavy atom. The Balaban J connectivity index is 2.37. The number of rotatable bonds is 5. The van der Waals surface area contributed by atoms with E-state index in [9.17, 15) is 14.9 Å². The second-order valence-electron chi connectivity index (χ2n) is 3.73. The van der Waals surface area contributed by atoms with Gasteiger partial charge in [-0.1, -0.05) is 10.6 Å². The second-order valence-corrected chi connectivity index (χ2v) is 4.51. The molecule has 0 saturated heterocycles. The molecular formula is C11H11N5O3S. The van der Waals surface area contributed by atoms with Crippen LogP contribution in [0.5, 0.6) is 0 Å². The summed E-state index contributed by atoms with van der Waals surface area (Å²) in [5, 5.41) is 20.6. The van der Waals surface area contributed by atoms with E-state index in [4.69, 9.17) is 0 Å². The van der Waals surface area contributed by atoms with Crippen LogP contribution in [-0.2, 0) is 0 Å². The Morgan fingerprint density at radius 3 is 2.90 bits per heavy atom. The number of amides is 1. The summed E-state index contributed by atoms with van der Waals surface area (Å²) >= 11 is 0.996. The van der Waals surface area contributed by atoms with E-state index >= 15 is 0 Å². The van der Waals surface area contributed by atoms with Crippen LogP contribution >= 0.6 is 11.5 Å². The summed E-state index contributed by atoms with van der Waals surface area (Å²) in [7, 11) is 0. The van der Waals surface area contributed by atoms with Gasteiger partial charge in [0.2, 0.25) is 0 Å². The van der Waals surface area contributed by atoms with Crippen molar-refractivity contribution in [1.29, 1.82) is 0 Å². The van der Waals surface area contributed by atoms with Gasteiger partial charge in [0.25, 0.3) is 5.91 Å². The zero-order valence-electron chi connectivity index (χ0n) is 10.5. The molecule has 0 aliphatic rings. The lowest BCUT2D eigenvalue weighted by atomic mass is 10.1. The number of nitrogens with one attached hydrogen (secondary N) is 2. The van der Waals surface area contributed by atoms with Gasteiger partial charge >= 0.3 is 5.69 Å². The molecule has 2 aromatic rings. The molecule has 1 aromatic heterocycles. The summed E-state index contributed by atoms with van der Waals surface area (Å²) in [6.07, 6.45) is 1.38. The molecule has 2 rings (SSSR count). The lowest BCUT2D eigenvalue weighted by molar-refractivity contribution is -0.384. The highest BCUT2D eigenvalue weighted by Crippen LogP contribution is 2.29. The zero-order chi connectivity index (χ0) is 14.5. The number of carbonyl (C=O) groups excluding carboxylic acids is 1. The predicted molar refractivity (Wildman–Crippen MR) is 75.1 cm³/mol. The minimum atomic E-state index is -0.572. The average Bonchev–Trinajstić information content (AvgIpc) is 2.91. The fourth-order valence-corrected chi connectivity index (χ4v) is 2.07. The van der Waals surface area contributed by atoms with Crippen molar-refractivity contribution in [3.8, 4) is 0 Å². The first-order valence-corrected chi connectivity index (χ1v) is 6.50. The summed E-state index contributed by atoms with van der Waals surface area (Å²) in [5.74, 6) is -0.567. The Morgan fingerprint density at radius 2 is 2.30 bits per heavy atom. The number of anilines is 2. The minimum absolute atomic E-state index is 0.0122. The summed E-state index contributed by atoms with van der Waals surface area (Å²) in [6.45, 7) is 2.34. The summed E-state index contributed by atoms with van der Waals surface area (Å²) in [5.41, 5.74) is 0.0544. The van der Waals surface area contributed by atoms with E-state index < -0.39 is 10.8 Å². The maximum absolute atomic E-state index is 12.1. The van der Waals surface area contributed by atoms with Crippen molar-refractivity contribution < 1.29 is 9.72 Å². The van der Waals surface area contributed by atoms with Crippen molar-refractivity contribution in [3.63, 3.8) is 0 Å². The molecule has 104 valence electrons. The highest BCUT2D eigenvalue weighted by atomic mass is 32.1. The topological polar surface area (TPSA) is 110 Å². The lowest BCUT2D eigenvalue weighted by Crippen LogP contribution is -2.14. The number of hydrogen-bond donors (Lipinski definition) is 2. The molecular weight excluding hydrogens is 282 g/mol. The lowest BCUT2D eigenvalue weighted by Gasteiger charge is -2.08. The fourth-order valence-electron chi connectivity index (χ4n) is 1.66. The number of nitrogens with zero attached hydrogens (tertiary/aromatic N) is 3. The average molecular weight is 293 g/mol. The van der Waals surface area contributed by atoms with Crippen LogP contribution in [0.4, 0.5) is 16.4 Å². The van der Waals surface area contributed by atoms with Gasteiger partial charge in [-0.3, -0.25) is 14.9 Å². The Hall–Kier alpha value is -2.55. The molecule has 1 heterocycles. The Labute approximate surface area is 118 Å². The molecule has 0 radical (unpaired) electrons. The zero-order valence-corrected chi connectivity index (χ0v) is 11.3. The van der Waals surface area contributed by atoms with Gasteiger partial charge in [-0.2, -0.15) is 0 Å². The number of nitro groups is 1. The van der Waals surface area contributed by atoms with Crippen molar-refractivity contribution in [1.82, 2.24) is 9.59 Å². The number of carbonyl (C=O) groups is 1. The van der Waals surface area contributed by atoms with Crippen LogP contribution in [0.25, 0.3) is 0 Å². The monoisotopic (exact) mass is 293 g/mol. The molecule has 1 aromatic carbocycles. The van der Waals surface area contributed by atoms with Gasteiger partial charge < -0.3 is 10.6 Å². The van der Waals surface area contributed by atoms with Crippen LogP contribution < -0.4 is 10.6 Å². The van der Waals surface area contributed by atoms with Gasteiger partial charge in [-0.15, -0.1) is 5.10 Å². The van der Waals surface area contributed by atoms with Crippen molar-refractivity contribution >= 4 is 33.8 Å². The maximum Gasteiger partial charge on any atom is 0.305 e. The molecule has 0 spiro atoms. The van der Waals surface area contributed by atoms with Crippen LogP contribution in [-0.4, -0.2) is 27.0 Å². The summed E-state index contributed by atoms with van der Waals surface area (Å²) in [6, 6.07) is 4.56. The molecule has 0 unspecified atom stereocenters. The molecule has 9 heteroatoms. The molecule has 0 fully saturated rings. The second kappa shape index (κ2) is 6.06. The van der Waals surface area contributed by atoms with Gasteiger partial charge in [0.1, 0.15) is 16.3 Å². The maximum atomic E-state index is 12.1. The third-order valence-electron chi connectivity index (χ3n) is 2.43. The highest BCUT2D eigenvalue weighted by Gasteiger charge is 2.24. The van der Waals surface area contributed by atoms with Gasteiger partial charge in [0.15, 0.2) is 0 Å². The van der Waals surface area contributed by atoms with Crippen molar-refractivity contribution in [3.05, 3.63) is 40.1 Å². The Bertz CT molecular complexity index is 629. The van der Waals surface area contributed by atoms with E-state index in [1.165, 1.54) is 12.3 Å². The third kappa shape index (κ3) is 2.88. The molecule has 2 N–H and O–H groups in total. The molecule has 0 aliphatic heterocycles. The van der Waals surface area contributed by atoms with Crippen molar-refractivity contribution in [2.45, 2.75) is 6.92 Å². The third-order valence-corrected chi connectivity index (χ3v) is 3.01. The SMILES string of the molecule is CCNc1cccc(C(=O)Nc2cnns2)c1[N+](=O)[O-]. The number of benzene rings is 1. The van der Waals surface area contributed by atoms with E-state index in [2.05, 4.69) is 20.2 Å². The first kappa shape index (κ1) is 13.9. The smallest absolute Gasteiger partial charge is 0.305 e. The van der Waals surface area contributed by atoms with Gasteiger partial charge in [-0.05, 0) is 19.1 Å². The van der Waals surface area contributed by atoms with Crippen molar-refractivity contribution in [2.75, 3.05) is 17.2 Å². The normalized spacial score (nSPS) is 10.1. The molecule has 0 saturated carbocycles. The van der Waals surface area contributed by atoms with Crippen LogP contribution in [0.2, 0.25) is 0 Å². The van der Waals surface area contributed by atoms with Crippen LogP contribution in [0.15, 0.2) is 24.4 Å². The van der Waals surface area contributed by atoms with E-state index in [0.717, 1.165) is 11.5 Å². The minimum Gasteiger partial charge on any atom is -0.380 e. The quantitative estimate of drug-likeness (QED) is 0.645. The molecule has 1 amide bonds. The molecule has 0 atom stereocenters. The first-order valence-electron chi connectivity index (χ1n) is 5.73.